The van der Waals surface area contributed by atoms with Crippen LogP contribution < -0.4 is 0 Å². The fourth-order valence-electron chi connectivity index (χ4n) is 2.38. The van der Waals surface area contributed by atoms with Crippen LogP contribution in [0.5, 0.6) is 0 Å². The van der Waals surface area contributed by atoms with E-state index in [-0.39, 0.29) is 42.5 Å². The van der Waals surface area contributed by atoms with Gasteiger partial charge >= 0.3 is 12.1 Å². The van der Waals surface area contributed by atoms with Crippen LogP contribution in [0.3, 0.4) is 0 Å². The number of rotatable bonds is 6. The van der Waals surface area contributed by atoms with Crippen LogP contribution in [0.1, 0.15) is 40.5 Å². The molecule has 0 aromatic carbocycles. The zero-order valence-electron chi connectivity index (χ0n) is 14.2. The standard InChI is InChI=1S/C16H28O6/c1-10(2)8-20-16(18)21-9-14-11(3)6-7-13(22-14)12(4)15(17)19-5/h10-14H,6-9H2,1-5H3/t11-,12-,13-,14+/m0/s1. The number of carbonyl (C=O) groups excluding carboxylic acids is 2. The molecule has 0 aliphatic carbocycles. The van der Waals surface area contributed by atoms with Crippen molar-refractivity contribution in [3.8, 4) is 0 Å². The largest absolute Gasteiger partial charge is 0.508 e. The number of esters is 1. The van der Waals surface area contributed by atoms with Gasteiger partial charge in [0.15, 0.2) is 0 Å². The highest BCUT2D eigenvalue weighted by Gasteiger charge is 2.35. The Hall–Kier alpha value is -1.30. The number of hydrogen-bond acceptors (Lipinski definition) is 6. The number of carbonyl (C=O) groups is 2. The fraction of sp³-hybridized carbons (Fsp3) is 0.875. The smallest absolute Gasteiger partial charge is 0.469 e. The Morgan fingerprint density at radius 2 is 1.86 bits per heavy atom. The fourth-order valence-corrected chi connectivity index (χ4v) is 2.38. The zero-order valence-corrected chi connectivity index (χ0v) is 14.2. The molecule has 6 heteroatoms. The van der Waals surface area contributed by atoms with Crippen LogP contribution >= 0.6 is 0 Å². The molecule has 0 bridgehead atoms. The van der Waals surface area contributed by atoms with Crippen LogP contribution in [0, 0.1) is 17.8 Å². The molecule has 0 aromatic rings. The first-order valence-electron chi connectivity index (χ1n) is 7.88. The SMILES string of the molecule is COC(=O)[C@@H](C)[C@@H]1CC[C@H](C)[C@@H](COC(=O)OCC(C)C)O1. The van der Waals surface area contributed by atoms with Crippen LogP contribution in [0.2, 0.25) is 0 Å². The Balaban J connectivity index is 2.44. The molecule has 1 fully saturated rings. The van der Waals surface area contributed by atoms with E-state index in [2.05, 4.69) is 0 Å². The normalized spacial score (nSPS) is 26.4. The summed E-state index contributed by atoms with van der Waals surface area (Å²) in [6.07, 6.45) is 0.612. The molecule has 0 radical (unpaired) electrons. The van der Waals surface area contributed by atoms with Crippen molar-refractivity contribution in [1.82, 2.24) is 0 Å². The van der Waals surface area contributed by atoms with E-state index in [1.807, 2.05) is 20.8 Å². The molecule has 0 spiro atoms. The van der Waals surface area contributed by atoms with Crippen LogP contribution in [0.25, 0.3) is 0 Å². The lowest BCUT2D eigenvalue weighted by molar-refractivity contribution is -0.162. The van der Waals surface area contributed by atoms with Crippen LogP contribution in [-0.4, -0.2) is 44.7 Å². The Labute approximate surface area is 132 Å². The number of ether oxygens (including phenoxy) is 4. The monoisotopic (exact) mass is 316 g/mol. The molecule has 1 heterocycles. The molecule has 22 heavy (non-hydrogen) atoms. The first-order chi connectivity index (χ1) is 10.3. The van der Waals surface area contributed by atoms with Crippen molar-refractivity contribution in [3.05, 3.63) is 0 Å². The van der Waals surface area contributed by atoms with Gasteiger partial charge in [0.05, 0.1) is 31.8 Å². The molecule has 0 aromatic heterocycles. The minimum atomic E-state index is -0.673. The van der Waals surface area contributed by atoms with Gasteiger partial charge in [0, 0.05) is 0 Å². The van der Waals surface area contributed by atoms with E-state index in [4.69, 9.17) is 18.9 Å². The molecule has 0 amide bonds. The Morgan fingerprint density at radius 3 is 2.45 bits per heavy atom. The molecular formula is C16H28O6. The predicted molar refractivity (Wildman–Crippen MR) is 80.4 cm³/mol. The molecule has 4 atom stereocenters. The molecule has 1 aliphatic heterocycles. The maximum absolute atomic E-state index is 11.6. The summed E-state index contributed by atoms with van der Waals surface area (Å²) >= 11 is 0. The van der Waals surface area contributed by atoms with Gasteiger partial charge in [0.25, 0.3) is 0 Å². The van der Waals surface area contributed by atoms with E-state index in [1.54, 1.807) is 6.92 Å². The molecule has 6 nitrogen and oxygen atoms in total. The van der Waals surface area contributed by atoms with Crippen molar-refractivity contribution >= 4 is 12.1 Å². The summed E-state index contributed by atoms with van der Waals surface area (Å²) in [4.78, 5) is 23.1. The Morgan fingerprint density at radius 1 is 1.18 bits per heavy atom. The second-order valence-corrected chi connectivity index (χ2v) is 6.35. The van der Waals surface area contributed by atoms with Gasteiger partial charge in [0.1, 0.15) is 6.61 Å². The summed E-state index contributed by atoms with van der Waals surface area (Å²) in [5.74, 6) is -0.0786. The average Bonchev–Trinajstić information content (AvgIpc) is 2.50. The molecule has 1 saturated heterocycles. The number of hydrogen-bond donors (Lipinski definition) is 0. The maximum Gasteiger partial charge on any atom is 0.508 e. The maximum atomic E-state index is 11.6. The molecule has 1 rings (SSSR count). The van der Waals surface area contributed by atoms with Gasteiger partial charge in [-0.2, -0.15) is 0 Å². The topological polar surface area (TPSA) is 71.1 Å². The molecule has 128 valence electrons. The summed E-state index contributed by atoms with van der Waals surface area (Å²) in [6, 6.07) is 0. The molecular weight excluding hydrogens is 288 g/mol. The van der Waals surface area contributed by atoms with Crippen LogP contribution in [-0.2, 0) is 23.7 Å². The van der Waals surface area contributed by atoms with E-state index >= 15 is 0 Å². The van der Waals surface area contributed by atoms with Gasteiger partial charge in [-0.1, -0.05) is 20.8 Å². The highest BCUT2D eigenvalue weighted by atomic mass is 16.7. The summed E-state index contributed by atoms with van der Waals surface area (Å²) < 4.78 is 20.8. The first kappa shape index (κ1) is 18.7. The van der Waals surface area contributed by atoms with E-state index in [1.165, 1.54) is 7.11 Å². The van der Waals surface area contributed by atoms with Crippen molar-refractivity contribution in [2.45, 2.75) is 52.7 Å². The van der Waals surface area contributed by atoms with Gasteiger partial charge < -0.3 is 18.9 Å². The van der Waals surface area contributed by atoms with Crippen molar-refractivity contribution in [2.75, 3.05) is 20.3 Å². The van der Waals surface area contributed by atoms with Crippen molar-refractivity contribution in [2.24, 2.45) is 17.8 Å². The minimum absolute atomic E-state index is 0.141. The highest BCUT2D eigenvalue weighted by molar-refractivity contribution is 5.72. The Bertz CT molecular complexity index is 368. The predicted octanol–water partition coefficient (Wildman–Crippen LogP) is 2.79. The van der Waals surface area contributed by atoms with Crippen molar-refractivity contribution < 1.29 is 28.5 Å². The van der Waals surface area contributed by atoms with E-state index in [0.29, 0.717) is 6.61 Å². The van der Waals surface area contributed by atoms with Crippen LogP contribution in [0.15, 0.2) is 0 Å². The quantitative estimate of drug-likeness (QED) is 0.702. The van der Waals surface area contributed by atoms with Crippen molar-refractivity contribution in [3.63, 3.8) is 0 Å². The number of methoxy groups -OCH3 is 1. The first-order valence-corrected chi connectivity index (χ1v) is 7.88. The van der Waals surface area contributed by atoms with Gasteiger partial charge in [-0.05, 0) is 31.6 Å². The average molecular weight is 316 g/mol. The molecule has 0 N–H and O–H groups in total. The lowest BCUT2D eigenvalue weighted by Gasteiger charge is -2.36. The van der Waals surface area contributed by atoms with Crippen molar-refractivity contribution in [1.29, 1.82) is 0 Å². The van der Waals surface area contributed by atoms with Gasteiger partial charge in [0.2, 0.25) is 0 Å². The van der Waals surface area contributed by atoms with Crippen LogP contribution in [0.4, 0.5) is 4.79 Å². The molecule has 1 aliphatic rings. The van der Waals surface area contributed by atoms with Gasteiger partial charge in [-0.15, -0.1) is 0 Å². The van der Waals surface area contributed by atoms with E-state index in [0.717, 1.165) is 12.8 Å². The van der Waals surface area contributed by atoms with E-state index < -0.39 is 6.16 Å². The zero-order chi connectivity index (χ0) is 16.7. The third-order valence-electron chi connectivity index (χ3n) is 3.92. The summed E-state index contributed by atoms with van der Waals surface area (Å²) in [6.45, 7) is 8.23. The third-order valence-corrected chi connectivity index (χ3v) is 3.92. The lowest BCUT2D eigenvalue weighted by atomic mass is 9.89. The van der Waals surface area contributed by atoms with Gasteiger partial charge in [-0.3, -0.25) is 4.79 Å². The summed E-state index contributed by atoms with van der Waals surface area (Å²) in [7, 11) is 1.37. The second-order valence-electron chi connectivity index (χ2n) is 6.35. The van der Waals surface area contributed by atoms with E-state index in [9.17, 15) is 9.59 Å². The molecule has 0 unspecified atom stereocenters. The minimum Gasteiger partial charge on any atom is -0.469 e. The molecule has 0 saturated carbocycles. The summed E-state index contributed by atoms with van der Waals surface area (Å²) in [5, 5.41) is 0. The Kier molecular flexibility index (Phi) is 7.65. The van der Waals surface area contributed by atoms with Gasteiger partial charge in [-0.25, -0.2) is 4.79 Å². The second kappa shape index (κ2) is 8.98. The third kappa shape index (κ3) is 5.83. The summed E-state index contributed by atoms with van der Waals surface area (Å²) in [5.41, 5.74) is 0. The highest BCUT2D eigenvalue weighted by Crippen LogP contribution is 2.29. The lowest BCUT2D eigenvalue weighted by Crippen LogP contribution is -2.42.